The average molecular weight is 504 g/mol. The maximum atomic E-state index is 4.67. The standard InChI is InChI=1S/C20H13N4.Pt/c1-2-14-10-16-5-6-18(23-16)12-20-8-7-19(24-20)11-17-4-3-15(22-17)9-13(1)21-14;/h1-7,9-12,21,24H;. The average Bonchev–Trinajstić information content (AvgIpc) is 3.33. The van der Waals surface area contributed by atoms with Crippen LogP contribution in [-0.2, 0) is 19.8 Å². The summed E-state index contributed by atoms with van der Waals surface area (Å²) in [5.74, 6) is 0. The first kappa shape index (κ1) is 14.6. The molecule has 0 aromatic carbocycles. The second-order valence-electron chi connectivity index (χ2n) is 5.99. The van der Waals surface area contributed by atoms with Crippen molar-refractivity contribution in [1.82, 2.24) is 19.9 Å². The molecule has 4 nitrogen and oxygen atoms in total. The predicted octanol–water partition coefficient (Wildman–Crippen LogP) is 3.83. The third-order valence-electron chi connectivity index (χ3n) is 4.09. The molecule has 5 heteroatoms. The number of hydrogen-bond donors (Lipinski definition) is 2. The minimum absolute atomic E-state index is 0.939. The van der Waals surface area contributed by atoms with E-state index in [2.05, 4.69) is 70.1 Å². The van der Waals surface area contributed by atoms with Crippen LogP contribution in [0.1, 0.15) is 22.8 Å². The number of H-pyrrole nitrogens is 2. The van der Waals surface area contributed by atoms with Gasteiger partial charge in [-0.15, -0.1) is 0 Å². The van der Waals surface area contributed by atoms with Gasteiger partial charge in [-0.3, -0.25) is 0 Å². The van der Waals surface area contributed by atoms with Crippen LogP contribution < -0.4 is 3.95 Å². The van der Waals surface area contributed by atoms with E-state index in [1.807, 2.05) is 36.4 Å². The van der Waals surface area contributed by atoms with E-state index in [-0.39, 0.29) is 0 Å². The third kappa shape index (κ3) is 2.90. The molecule has 0 unspecified atom stereocenters. The number of nitrogens with zero attached hydrogens (tertiary/aromatic N) is 2. The molecule has 3 aromatic heterocycles. The van der Waals surface area contributed by atoms with Crippen molar-refractivity contribution in [3.05, 3.63) is 65.2 Å². The molecule has 2 aliphatic rings. The molecule has 2 N–H and O–H groups in total. The number of hydrogen-bond acceptors (Lipinski definition) is 2. The Labute approximate surface area is 155 Å². The van der Waals surface area contributed by atoms with Crippen molar-refractivity contribution >= 4 is 50.3 Å². The van der Waals surface area contributed by atoms with Crippen molar-refractivity contribution in [2.75, 3.05) is 0 Å². The van der Waals surface area contributed by atoms with Crippen molar-refractivity contribution < 1.29 is 19.8 Å². The molecule has 0 saturated carbocycles. The second-order valence-corrected chi connectivity index (χ2v) is 7.21. The van der Waals surface area contributed by atoms with E-state index in [1.165, 1.54) is 0 Å². The van der Waals surface area contributed by atoms with Crippen molar-refractivity contribution in [2.24, 2.45) is 0 Å². The van der Waals surface area contributed by atoms with E-state index in [4.69, 9.17) is 0 Å². The van der Waals surface area contributed by atoms with Crippen LogP contribution in [0.15, 0.2) is 42.5 Å². The van der Waals surface area contributed by atoms with E-state index in [9.17, 15) is 0 Å². The Kier molecular flexibility index (Phi) is 3.32. The summed E-state index contributed by atoms with van der Waals surface area (Å²) in [6.45, 7) is 0. The summed E-state index contributed by atoms with van der Waals surface area (Å²) in [7, 11) is 0. The summed E-state index contributed by atoms with van der Waals surface area (Å²) in [5, 5.41) is 0. The molecule has 0 saturated heterocycles. The Hall–Kier alpha value is -2.71. The van der Waals surface area contributed by atoms with Crippen LogP contribution in [0, 0.1) is 0 Å². The summed E-state index contributed by atoms with van der Waals surface area (Å²) in [6, 6.07) is 14.4. The molecular weight excluding hydrogens is 491 g/mol. The van der Waals surface area contributed by atoms with Crippen LogP contribution in [0.2, 0.25) is 0 Å². The van der Waals surface area contributed by atoms with Crippen LogP contribution in [0.4, 0.5) is 0 Å². The summed E-state index contributed by atoms with van der Waals surface area (Å²) in [5.41, 5.74) is 7.91. The zero-order valence-corrected chi connectivity index (χ0v) is 15.3. The van der Waals surface area contributed by atoms with Gasteiger partial charge in [-0.05, 0) is 0 Å². The Balaban J connectivity index is 1.87. The van der Waals surface area contributed by atoms with Crippen LogP contribution in [0.3, 0.4) is 0 Å². The molecule has 0 atom stereocenters. The van der Waals surface area contributed by atoms with Gasteiger partial charge in [-0.2, -0.15) is 0 Å². The number of aromatic nitrogens is 4. The Bertz CT molecular complexity index is 1210. The normalized spacial score (nSPS) is 12.7. The van der Waals surface area contributed by atoms with Crippen molar-refractivity contribution in [3.63, 3.8) is 0 Å². The Morgan fingerprint density at radius 2 is 1.12 bits per heavy atom. The fourth-order valence-corrected chi connectivity index (χ4v) is 3.62. The number of fused-ring (bicyclic) bond motifs is 8. The minimum atomic E-state index is 0.939. The first-order valence-corrected chi connectivity index (χ1v) is 9.06. The summed E-state index contributed by atoms with van der Waals surface area (Å²) in [6.07, 6.45) is 8.12. The van der Waals surface area contributed by atoms with Gasteiger partial charge in [0.2, 0.25) is 0 Å². The van der Waals surface area contributed by atoms with Crippen LogP contribution >= 0.6 is 0 Å². The Morgan fingerprint density at radius 1 is 0.600 bits per heavy atom. The van der Waals surface area contributed by atoms with Gasteiger partial charge in [0.1, 0.15) is 0 Å². The van der Waals surface area contributed by atoms with Crippen LogP contribution in [0.5, 0.6) is 0 Å². The van der Waals surface area contributed by atoms with Gasteiger partial charge in [-0.1, -0.05) is 0 Å². The SMILES string of the molecule is [Pt][c]1cc2cc3nc(cc4ccc(cc5nc(cc1[nH]2)C=C5)[nH]4)C=C3. The van der Waals surface area contributed by atoms with Gasteiger partial charge in [0.25, 0.3) is 0 Å². The summed E-state index contributed by atoms with van der Waals surface area (Å²) in [4.78, 5) is 16.2. The monoisotopic (exact) mass is 504 g/mol. The molecule has 5 rings (SSSR count). The molecule has 25 heavy (non-hydrogen) atoms. The van der Waals surface area contributed by atoms with E-state index in [0.717, 1.165) is 48.8 Å². The van der Waals surface area contributed by atoms with E-state index in [0.29, 0.717) is 0 Å². The Morgan fingerprint density at radius 3 is 1.72 bits per heavy atom. The van der Waals surface area contributed by atoms with Gasteiger partial charge >= 0.3 is 155 Å². The summed E-state index contributed by atoms with van der Waals surface area (Å²) >= 11 is 2.32. The first-order chi connectivity index (χ1) is 12.2. The van der Waals surface area contributed by atoms with Gasteiger partial charge in [0, 0.05) is 0 Å². The van der Waals surface area contributed by atoms with Crippen molar-refractivity contribution in [1.29, 1.82) is 0 Å². The van der Waals surface area contributed by atoms with Gasteiger partial charge in [-0.25, -0.2) is 0 Å². The zero-order valence-electron chi connectivity index (χ0n) is 13.1. The molecule has 123 valence electrons. The van der Waals surface area contributed by atoms with Gasteiger partial charge in [0.05, 0.1) is 0 Å². The molecule has 5 heterocycles. The number of nitrogens with one attached hydrogen (secondary N) is 2. The molecule has 8 bridgehead atoms. The molecule has 0 amide bonds. The predicted molar refractivity (Wildman–Crippen MR) is 98.5 cm³/mol. The fraction of sp³-hybridized carbons (Fsp3) is 0. The fourth-order valence-electron chi connectivity index (χ4n) is 2.96. The number of rotatable bonds is 0. The molecule has 0 spiro atoms. The third-order valence-corrected chi connectivity index (χ3v) is 5.03. The van der Waals surface area contributed by atoms with Crippen molar-refractivity contribution in [3.8, 4) is 0 Å². The van der Waals surface area contributed by atoms with E-state index < -0.39 is 0 Å². The van der Waals surface area contributed by atoms with Crippen molar-refractivity contribution in [2.45, 2.75) is 0 Å². The van der Waals surface area contributed by atoms with E-state index >= 15 is 0 Å². The first-order valence-electron chi connectivity index (χ1n) is 7.92. The molecule has 0 aliphatic carbocycles. The van der Waals surface area contributed by atoms with E-state index in [1.54, 1.807) is 0 Å². The maximum absolute atomic E-state index is 4.67. The van der Waals surface area contributed by atoms with Crippen LogP contribution in [0.25, 0.3) is 46.4 Å². The van der Waals surface area contributed by atoms with Gasteiger partial charge in [0.15, 0.2) is 0 Å². The second kappa shape index (κ2) is 5.68. The molecular formula is C20H13N4Pt. The molecule has 2 aliphatic heterocycles. The number of aromatic amines is 2. The molecule has 0 radical (unpaired) electrons. The quantitative estimate of drug-likeness (QED) is 0.337. The molecule has 0 fully saturated rings. The summed E-state index contributed by atoms with van der Waals surface area (Å²) < 4.78 is 1.16. The topological polar surface area (TPSA) is 57.4 Å². The van der Waals surface area contributed by atoms with Crippen LogP contribution in [-0.4, -0.2) is 19.9 Å². The zero-order chi connectivity index (χ0) is 16.8. The van der Waals surface area contributed by atoms with Gasteiger partial charge < -0.3 is 0 Å². The molecule has 3 aromatic rings.